The second-order valence-electron chi connectivity index (χ2n) is 8.14. The van der Waals surface area contributed by atoms with Crippen molar-refractivity contribution in [3.63, 3.8) is 0 Å². The lowest BCUT2D eigenvalue weighted by Crippen LogP contribution is -2.20. The lowest BCUT2D eigenvalue weighted by atomic mass is 10.1. The Morgan fingerprint density at radius 3 is 1.80 bits per heavy atom. The summed E-state index contributed by atoms with van der Waals surface area (Å²) in [6, 6.07) is 18.0. The minimum Gasteiger partial charge on any atom is -0.392 e. The van der Waals surface area contributed by atoms with Crippen LogP contribution in [0, 0.1) is 0 Å². The second kappa shape index (κ2) is 15.9. The quantitative estimate of drug-likeness (QED) is 0.212. The molecular formula is C27H41NO2. The van der Waals surface area contributed by atoms with E-state index < -0.39 is 0 Å². The zero-order chi connectivity index (χ0) is 21.3. The van der Waals surface area contributed by atoms with Crippen molar-refractivity contribution < 1.29 is 9.94 Å². The summed E-state index contributed by atoms with van der Waals surface area (Å²) >= 11 is 0. The highest BCUT2D eigenvalue weighted by atomic mass is 16.7. The number of unbranched alkanes of at least 4 members (excludes halogenated alkanes) is 11. The van der Waals surface area contributed by atoms with Crippen LogP contribution < -0.4 is 5.06 Å². The highest BCUT2D eigenvalue weighted by Gasteiger charge is 2.13. The molecule has 0 aliphatic heterocycles. The van der Waals surface area contributed by atoms with Gasteiger partial charge in [-0.3, -0.25) is 4.84 Å². The van der Waals surface area contributed by atoms with E-state index in [4.69, 9.17) is 4.84 Å². The molecule has 0 heterocycles. The lowest BCUT2D eigenvalue weighted by molar-refractivity contribution is 0.130. The van der Waals surface area contributed by atoms with Crippen molar-refractivity contribution in [1.82, 2.24) is 0 Å². The van der Waals surface area contributed by atoms with Gasteiger partial charge in [-0.05, 0) is 24.6 Å². The molecule has 1 N–H and O–H groups in total. The van der Waals surface area contributed by atoms with Gasteiger partial charge in [-0.1, -0.05) is 114 Å². The van der Waals surface area contributed by atoms with Crippen molar-refractivity contribution in [2.24, 2.45) is 0 Å². The van der Waals surface area contributed by atoms with Gasteiger partial charge >= 0.3 is 0 Å². The summed E-state index contributed by atoms with van der Waals surface area (Å²) in [7, 11) is 0. The predicted molar refractivity (Wildman–Crippen MR) is 128 cm³/mol. The maximum absolute atomic E-state index is 9.72. The van der Waals surface area contributed by atoms with E-state index in [9.17, 15) is 5.11 Å². The minimum absolute atomic E-state index is 0.00146. The summed E-state index contributed by atoms with van der Waals surface area (Å²) in [6.45, 7) is 2.96. The van der Waals surface area contributed by atoms with Crippen molar-refractivity contribution in [3.8, 4) is 0 Å². The van der Waals surface area contributed by atoms with E-state index >= 15 is 0 Å². The summed E-state index contributed by atoms with van der Waals surface area (Å²) < 4.78 is 0. The second-order valence-corrected chi connectivity index (χ2v) is 8.14. The Hall–Kier alpha value is -1.84. The van der Waals surface area contributed by atoms with Gasteiger partial charge < -0.3 is 5.11 Å². The zero-order valence-corrected chi connectivity index (χ0v) is 18.9. The number of anilines is 2. The average Bonchev–Trinajstić information content (AvgIpc) is 2.80. The van der Waals surface area contributed by atoms with Crippen LogP contribution in [0.4, 0.5) is 11.4 Å². The first-order chi connectivity index (χ1) is 14.9. The van der Waals surface area contributed by atoms with Crippen molar-refractivity contribution in [3.05, 3.63) is 60.2 Å². The van der Waals surface area contributed by atoms with E-state index in [0.717, 1.165) is 23.4 Å². The molecule has 0 saturated heterocycles. The van der Waals surface area contributed by atoms with Crippen LogP contribution in [0.15, 0.2) is 54.6 Å². The molecule has 2 aromatic rings. The Morgan fingerprint density at radius 2 is 1.20 bits per heavy atom. The van der Waals surface area contributed by atoms with Gasteiger partial charge in [0.05, 0.1) is 24.6 Å². The van der Waals surface area contributed by atoms with Gasteiger partial charge in [-0.2, -0.15) is 0 Å². The fourth-order valence-corrected chi connectivity index (χ4v) is 3.79. The Bertz CT molecular complexity index is 659. The number of aliphatic hydroxyl groups excluding tert-OH is 1. The van der Waals surface area contributed by atoms with Crippen molar-refractivity contribution in [2.75, 3.05) is 11.7 Å². The average molecular weight is 412 g/mol. The molecule has 0 spiro atoms. The summed E-state index contributed by atoms with van der Waals surface area (Å²) in [5.41, 5.74) is 2.76. The van der Waals surface area contributed by atoms with Crippen molar-refractivity contribution in [2.45, 2.75) is 90.6 Å². The number of para-hydroxylation sites is 2. The molecule has 2 aromatic carbocycles. The van der Waals surface area contributed by atoms with E-state index in [2.05, 4.69) is 6.92 Å². The molecule has 0 radical (unpaired) electrons. The number of rotatable bonds is 17. The van der Waals surface area contributed by atoms with Gasteiger partial charge in [-0.15, -0.1) is 0 Å². The van der Waals surface area contributed by atoms with E-state index in [-0.39, 0.29) is 6.61 Å². The van der Waals surface area contributed by atoms with Gasteiger partial charge in [0, 0.05) is 5.56 Å². The van der Waals surface area contributed by atoms with E-state index in [0.29, 0.717) is 6.61 Å². The van der Waals surface area contributed by atoms with Gasteiger partial charge in [0.25, 0.3) is 0 Å². The predicted octanol–water partition coefficient (Wildman–Crippen LogP) is 7.95. The molecule has 3 nitrogen and oxygen atoms in total. The SMILES string of the molecule is CCCCCCCCCCCCCCON(c1ccccc1)c1ccccc1CO. The maximum Gasteiger partial charge on any atom is 0.0753 e. The van der Waals surface area contributed by atoms with Crippen LogP contribution in [0.25, 0.3) is 0 Å². The van der Waals surface area contributed by atoms with Crippen LogP contribution in [-0.2, 0) is 11.4 Å². The molecule has 0 amide bonds. The molecule has 0 aliphatic carbocycles. The van der Waals surface area contributed by atoms with Crippen molar-refractivity contribution >= 4 is 11.4 Å². The molecule has 0 fully saturated rings. The number of benzene rings is 2. The largest absolute Gasteiger partial charge is 0.392 e. The van der Waals surface area contributed by atoms with Crippen LogP contribution in [-0.4, -0.2) is 11.7 Å². The van der Waals surface area contributed by atoms with Crippen molar-refractivity contribution in [1.29, 1.82) is 0 Å². The monoisotopic (exact) mass is 411 g/mol. The van der Waals surface area contributed by atoms with Gasteiger partial charge in [-0.25, -0.2) is 5.06 Å². The third-order valence-electron chi connectivity index (χ3n) is 5.59. The molecule has 0 aliphatic rings. The fourth-order valence-electron chi connectivity index (χ4n) is 3.79. The number of nitrogens with zero attached hydrogens (tertiary/aromatic N) is 1. The first-order valence-corrected chi connectivity index (χ1v) is 12.0. The van der Waals surface area contributed by atoms with E-state index in [1.807, 2.05) is 59.7 Å². The normalized spacial score (nSPS) is 11.0. The van der Waals surface area contributed by atoms with E-state index in [1.54, 1.807) is 0 Å². The molecule has 166 valence electrons. The highest BCUT2D eigenvalue weighted by Crippen LogP contribution is 2.29. The molecule has 0 unspecified atom stereocenters. The summed E-state index contributed by atoms with van der Waals surface area (Å²) in [4.78, 5) is 6.17. The number of aliphatic hydroxyl groups is 1. The topological polar surface area (TPSA) is 32.7 Å². The molecule has 0 atom stereocenters. The highest BCUT2D eigenvalue weighted by molar-refractivity contribution is 5.63. The third kappa shape index (κ3) is 9.32. The van der Waals surface area contributed by atoms with Crippen LogP contribution in [0.3, 0.4) is 0 Å². The molecular weight excluding hydrogens is 370 g/mol. The van der Waals surface area contributed by atoms with Gasteiger partial charge in [0.2, 0.25) is 0 Å². The Kier molecular flexibility index (Phi) is 13.0. The maximum atomic E-state index is 9.72. The Balaban J connectivity index is 1.66. The summed E-state index contributed by atoms with van der Waals surface area (Å²) in [6.07, 6.45) is 16.0. The van der Waals surface area contributed by atoms with E-state index in [1.165, 1.54) is 70.6 Å². The molecule has 0 saturated carbocycles. The Morgan fingerprint density at radius 1 is 0.667 bits per heavy atom. The molecule has 3 heteroatoms. The van der Waals surface area contributed by atoms with Gasteiger partial charge in [0.15, 0.2) is 0 Å². The first kappa shape index (κ1) is 24.4. The van der Waals surface area contributed by atoms with Crippen LogP contribution in [0.1, 0.15) is 89.5 Å². The fraction of sp³-hybridized carbons (Fsp3) is 0.556. The van der Waals surface area contributed by atoms with Gasteiger partial charge in [0.1, 0.15) is 0 Å². The zero-order valence-electron chi connectivity index (χ0n) is 18.9. The number of hydrogen-bond acceptors (Lipinski definition) is 3. The number of hydrogen-bond donors (Lipinski definition) is 1. The Labute approximate surface area is 184 Å². The summed E-state index contributed by atoms with van der Waals surface area (Å²) in [5.74, 6) is 0. The lowest BCUT2D eigenvalue weighted by Gasteiger charge is -2.26. The summed E-state index contributed by atoms with van der Waals surface area (Å²) in [5, 5.41) is 11.6. The van der Waals surface area contributed by atoms with Crippen LogP contribution in [0.5, 0.6) is 0 Å². The molecule has 2 rings (SSSR count). The standard InChI is InChI=1S/C27H41NO2/c1-2-3-4-5-6-7-8-9-10-11-12-18-23-30-28(26-20-14-13-15-21-26)27-22-17-16-19-25(27)24-29/h13-17,19-22,29H,2-12,18,23-24H2,1H3. The molecule has 30 heavy (non-hydrogen) atoms. The minimum atomic E-state index is 0.00146. The molecule has 0 aromatic heterocycles. The third-order valence-corrected chi connectivity index (χ3v) is 5.59. The smallest absolute Gasteiger partial charge is 0.0753 e. The van der Waals surface area contributed by atoms with Crippen LogP contribution >= 0.6 is 0 Å². The first-order valence-electron chi connectivity index (χ1n) is 12.0. The van der Waals surface area contributed by atoms with Crippen LogP contribution in [0.2, 0.25) is 0 Å². The molecule has 0 bridgehead atoms.